The van der Waals surface area contributed by atoms with Crippen LogP contribution in [0.3, 0.4) is 0 Å². The van der Waals surface area contributed by atoms with Gasteiger partial charge in [0.2, 0.25) is 0 Å². The number of hydrogen-bond acceptors (Lipinski definition) is 2. The zero-order chi connectivity index (χ0) is 11.4. The van der Waals surface area contributed by atoms with Crippen LogP contribution >= 0.6 is 0 Å². The van der Waals surface area contributed by atoms with Crippen LogP contribution in [0.25, 0.3) is 0 Å². The molecule has 0 atom stereocenters. The molecule has 0 aromatic heterocycles. The first-order valence-electron chi connectivity index (χ1n) is 5.56. The van der Waals surface area contributed by atoms with E-state index in [-0.39, 0.29) is 0 Å². The first kappa shape index (κ1) is 11.9. The van der Waals surface area contributed by atoms with E-state index in [1.165, 1.54) is 12.8 Å². The van der Waals surface area contributed by atoms with E-state index in [1.807, 2.05) is 0 Å². The third-order valence-corrected chi connectivity index (χ3v) is 3.10. The Hall–Kier alpha value is -1.18. The third kappa shape index (κ3) is 3.46. The molecule has 0 aliphatic carbocycles. The van der Waals surface area contributed by atoms with Crippen molar-refractivity contribution in [3.05, 3.63) is 36.7 Å². The Balaban J connectivity index is 2.41. The van der Waals surface area contributed by atoms with Gasteiger partial charge in [-0.2, -0.15) is 0 Å². The fourth-order valence-corrected chi connectivity index (χ4v) is 1.80. The second-order valence-electron chi connectivity index (χ2n) is 4.54. The van der Waals surface area contributed by atoms with Gasteiger partial charge in [-0.15, -0.1) is 0 Å². The summed E-state index contributed by atoms with van der Waals surface area (Å²) >= 11 is 0. The summed E-state index contributed by atoms with van der Waals surface area (Å²) in [5, 5.41) is 0. The molecule has 1 aliphatic rings. The molecule has 1 rings (SSSR count). The van der Waals surface area contributed by atoms with Gasteiger partial charge in [-0.25, -0.2) is 0 Å². The molecule has 2 nitrogen and oxygen atoms in total. The van der Waals surface area contributed by atoms with Crippen molar-refractivity contribution < 1.29 is 0 Å². The highest BCUT2D eigenvalue weighted by Crippen LogP contribution is 2.22. The fourth-order valence-electron chi connectivity index (χ4n) is 1.80. The maximum atomic E-state index is 5.58. The number of likely N-dealkylation sites (tertiary alicyclic amines) is 1. The van der Waals surface area contributed by atoms with Crippen LogP contribution < -0.4 is 5.73 Å². The average Bonchev–Trinajstić information content (AvgIpc) is 2.18. The first-order valence-corrected chi connectivity index (χ1v) is 5.56. The molecule has 2 N–H and O–H groups in total. The van der Waals surface area contributed by atoms with Crippen LogP contribution in [0.5, 0.6) is 0 Å². The monoisotopic (exact) mass is 206 g/mol. The molecule has 0 aromatic carbocycles. The minimum absolute atomic E-state index is 0.571. The number of rotatable bonds is 4. The molecule has 0 spiro atoms. The Morgan fingerprint density at radius 2 is 1.80 bits per heavy atom. The standard InChI is InChI=1S/C13H22N2/c1-10-5-7-15(8-6-10)12(3)9-11(2)13(4)14/h10H,2-9,14H2,1H3. The van der Waals surface area contributed by atoms with Crippen molar-refractivity contribution in [1.29, 1.82) is 0 Å². The van der Waals surface area contributed by atoms with E-state index >= 15 is 0 Å². The van der Waals surface area contributed by atoms with Crippen molar-refractivity contribution in [1.82, 2.24) is 4.90 Å². The summed E-state index contributed by atoms with van der Waals surface area (Å²) in [7, 11) is 0. The predicted molar refractivity (Wildman–Crippen MR) is 66.2 cm³/mol. The topological polar surface area (TPSA) is 29.3 Å². The Labute approximate surface area is 93.1 Å². The normalized spacial score (nSPS) is 17.5. The Bertz CT molecular complexity index is 270. The highest BCUT2D eigenvalue weighted by atomic mass is 15.1. The van der Waals surface area contributed by atoms with Gasteiger partial charge >= 0.3 is 0 Å². The molecule has 2 heteroatoms. The van der Waals surface area contributed by atoms with Gasteiger partial charge in [0.05, 0.1) is 0 Å². The van der Waals surface area contributed by atoms with Crippen molar-refractivity contribution in [2.75, 3.05) is 13.1 Å². The summed E-state index contributed by atoms with van der Waals surface area (Å²) in [4.78, 5) is 2.34. The Morgan fingerprint density at radius 3 is 2.27 bits per heavy atom. The Kier molecular flexibility index (Phi) is 4.01. The van der Waals surface area contributed by atoms with E-state index in [0.29, 0.717) is 5.70 Å². The minimum atomic E-state index is 0.571. The maximum absolute atomic E-state index is 5.58. The first-order chi connectivity index (χ1) is 7.00. The van der Waals surface area contributed by atoms with E-state index in [4.69, 9.17) is 5.73 Å². The van der Waals surface area contributed by atoms with Crippen LogP contribution in [0, 0.1) is 5.92 Å². The molecule has 1 saturated heterocycles. The van der Waals surface area contributed by atoms with Gasteiger partial charge < -0.3 is 10.6 Å². The average molecular weight is 206 g/mol. The van der Waals surface area contributed by atoms with Gasteiger partial charge in [0.15, 0.2) is 0 Å². The third-order valence-electron chi connectivity index (χ3n) is 3.10. The molecule has 84 valence electrons. The zero-order valence-corrected chi connectivity index (χ0v) is 9.76. The minimum Gasteiger partial charge on any atom is -0.399 e. The molecule has 0 bridgehead atoms. The SMILES string of the molecule is C=C(N)C(=C)CC(=C)N1CCC(C)CC1. The maximum Gasteiger partial charge on any atom is 0.0271 e. The molecule has 1 heterocycles. The number of allylic oxidation sites excluding steroid dienone is 2. The molecule has 1 aliphatic heterocycles. The van der Waals surface area contributed by atoms with E-state index in [0.717, 1.165) is 36.7 Å². The zero-order valence-electron chi connectivity index (χ0n) is 9.76. The summed E-state index contributed by atoms with van der Waals surface area (Å²) in [6.07, 6.45) is 3.27. The summed E-state index contributed by atoms with van der Waals surface area (Å²) in [6.45, 7) is 16.2. The second kappa shape index (κ2) is 5.06. The molecule has 15 heavy (non-hydrogen) atoms. The van der Waals surface area contributed by atoms with Crippen LogP contribution in [-0.4, -0.2) is 18.0 Å². The van der Waals surface area contributed by atoms with E-state index in [2.05, 4.69) is 31.6 Å². The van der Waals surface area contributed by atoms with Gasteiger partial charge in [-0.3, -0.25) is 0 Å². The summed E-state index contributed by atoms with van der Waals surface area (Å²) in [6, 6.07) is 0. The highest BCUT2D eigenvalue weighted by molar-refractivity contribution is 5.26. The van der Waals surface area contributed by atoms with Crippen molar-refractivity contribution in [2.24, 2.45) is 11.7 Å². The van der Waals surface area contributed by atoms with Gasteiger partial charge in [-0.1, -0.05) is 26.7 Å². The fraction of sp³-hybridized carbons (Fsp3) is 0.538. The molecule has 0 unspecified atom stereocenters. The van der Waals surface area contributed by atoms with Crippen molar-refractivity contribution in [3.63, 3.8) is 0 Å². The lowest BCUT2D eigenvalue weighted by molar-refractivity contribution is 0.234. The number of nitrogens with two attached hydrogens (primary N) is 1. The lowest BCUT2D eigenvalue weighted by Crippen LogP contribution is -2.32. The van der Waals surface area contributed by atoms with Crippen LogP contribution in [0.1, 0.15) is 26.2 Å². The van der Waals surface area contributed by atoms with Crippen molar-refractivity contribution in [2.45, 2.75) is 26.2 Å². The second-order valence-corrected chi connectivity index (χ2v) is 4.54. The molecule has 0 radical (unpaired) electrons. The molecule has 0 aromatic rings. The van der Waals surface area contributed by atoms with Crippen LogP contribution in [0.15, 0.2) is 36.7 Å². The smallest absolute Gasteiger partial charge is 0.0271 e. The van der Waals surface area contributed by atoms with Crippen LogP contribution in [0.4, 0.5) is 0 Å². The van der Waals surface area contributed by atoms with Gasteiger partial charge in [0.25, 0.3) is 0 Å². The number of piperidine rings is 1. The molecule has 0 saturated carbocycles. The predicted octanol–water partition coefficient (Wildman–Crippen LogP) is 2.65. The summed E-state index contributed by atoms with van der Waals surface area (Å²) < 4.78 is 0. The highest BCUT2D eigenvalue weighted by Gasteiger charge is 2.16. The van der Waals surface area contributed by atoms with E-state index in [9.17, 15) is 0 Å². The van der Waals surface area contributed by atoms with E-state index in [1.54, 1.807) is 0 Å². The van der Waals surface area contributed by atoms with Crippen molar-refractivity contribution >= 4 is 0 Å². The van der Waals surface area contributed by atoms with Gasteiger partial charge in [-0.05, 0) is 24.3 Å². The van der Waals surface area contributed by atoms with Crippen molar-refractivity contribution in [3.8, 4) is 0 Å². The van der Waals surface area contributed by atoms with Crippen LogP contribution in [-0.2, 0) is 0 Å². The number of nitrogens with zero attached hydrogens (tertiary/aromatic N) is 1. The summed E-state index contributed by atoms with van der Waals surface area (Å²) in [5.74, 6) is 0.849. The molecule has 0 amide bonds. The lowest BCUT2D eigenvalue weighted by atomic mass is 9.98. The van der Waals surface area contributed by atoms with Gasteiger partial charge in [0, 0.05) is 30.9 Å². The largest absolute Gasteiger partial charge is 0.399 e. The summed E-state index contributed by atoms with van der Waals surface area (Å²) in [5.41, 5.74) is 8.16. The number of hydrogen-bond donors (Lipinski definition) is 1. The molecule has 1 fully saturated rings. The van der Waals surface area contributed by atoms with E-state index < -0.39 is 0 Å². The van der Waals surface area contributed by atoms with Gasteiger partial charge in [0.1, 0.15) is 0 Å². The molecular weight excluding hydrogens is 184 g/mol. The molecular formula is C13H22N2. The quantitative estimate of drug-likeness (QED) is 0.716. The van der Waals surface area contributed by atoms with Crippen LogP contribution in [0.2, 0.25) is 0 Å². The lowest BCUT2D eigenvalue weighted by Gasteiger charge is -2.33. The Morgan fingerprint density at radius 1 is 1.27 bits per heavy atom.